The third kappa shape index (κ3) is 5.64. The number of rotatable bonds is 8. The van der Waals surface area contributed by atoms with Crippen LogP contribution in [-0.2, 0) is 4.79 Å². The lowest BCUT2D eigenvalue weighted by molar-refractivity contribution is -0.223. The van der Waals surface area contributed by atoms with E-state index in [2.05, 4.69) is 12.6 Å². The highest BCUT2D eigenvalue weighted by atomic mass is 35.5. The second-order valence-electron chi connectivity index (χ2n) is 10.2. The fourth-order valence-corrected chi connectivity index (χ4v) is 7.02. The maximum atomic E-state index is 14.2. The number of benzene rings is 2. The molecule has 8 heteroatoms. The third-order valence-electron chi connectivity index (χ3n) is 7.49. The molecule has 2 aromatic rings. The fraction of sp³-hybridized carbons (Fsp3) is 0.464. The highest BCUT2D eigenvalue weighted by Gasteiger charge is 2.50. The summed E-state index contributed by atoms with van der Waals surface area (Å²) in [5.74, 6) is -1.06. The van der Waals surface area contributed by atoms with E-state index in [9.17, 15) is 15.0 Å². The van der Waals surface area contributed by atoms with E-state index < -0.39 is 11.3 Å². The minimum atomic E-state index is -1.81. The lowest BCUT2D eigenvalue weighted by Gasteiger charge is -2.51. The van der Waals surface area contributed by atoms with Crippen LogP contribution in [0, 0.1) is 5.41 Å². The van der Waals surface area contributed by atoms with Crippen LogP contribution < -0.4 is 0 Å². The molecule has 0 spiro atoms. The minimum absolute atomic E-state index is 0.00547. The number of halogens is 2. The van der Waals surface area contributed by atoms with Gasteiger partial charge in [0.05, 0.1) is 11.5 Å². The number of aliphatic hydroxyl groups is 2. The van der Waals surface area contributed by atoms with Crippen molar-refractivity contribution in [2.45, 2.75) is 63.4 Å². The summed E-state index contributed by atoms with van der Waals surface area (Å²) in [4.78, 5) is 16.2. The topological polar surface area (TPSA) is 64.0 Å². The highest BCUT2D eigenvalue weighted by molar-refractivity contribution is 7.97. The first kappa shape index (κ1) is 27.5. The average Bonchev–Trinajstić information content (AvgIpc) is 3.17. The van der Waals surface area contributed by atoms with Crippen LogP contribution in [0.15, 0.2) is 61.2 Å². The molecule has 2 aliphatic rings. The summed E-state index contributed by atoms with van der Waals surface area (Å²) in [6.45, 7) is 8.46. The summed E-state index contributed by atoms with van der Waals surface area (Å²) >= 11 is 14.1. The van der Waals surface area contributed by atoms with Crippen molar-refractivity contribution in [1.82, 2.24) is 9.21 Å². The van der Waals surface area contributed by atoms with Crippen LogP contribution in [0.5, 0.6) is 0 Å². The number of hydrogen-bond acceptors (Lipinski definition) is 5. The van der Waals surface area contributed by atoms with Gasteiger partial charge in [0.2, 0.25) is 11.8 Å². The van der Waals surface area contributed by atoms with Crippen LogP contribution in [-0.4, -0.2) is 49.6 Å². The van der Waals surface area contributed by atoms with Gasteiger partial charge >= 0.3 is 0 Å². The summed E-state index contributed by atoms with van der Waals surface area (Å²) in [6, 6.07) is 15.2. The molecule has 4 rings (SSSR count). The smallest absolute Gasteiger partial charge is 0.235 e. The van der Waals surface area contributed by atoms with Gasteiger partial charge in [-0.15, -0.1) is 6.58 Å². The zero-order valence-electron chi connectivity index (χ0n) is 20.7. The van der Waals surface area contributed by atoms with Crippen molar-refractivity contribution in [2.75, 3.05) is 12.3 Å². The molecule has 5 nitrogen and oxygen atoms in total. The molecule has 2 fully saturated rings. The number of likely N-dealkylation sites (tertiary alicyclic amines) is 1. The van der Waals surface area contributed by atoms with Gasteiger partial charge in [0.1, 0.15) is 0 Å². The van der Waals surface area contributed by atoms with Gasteiger partial charge in [0.15, 0.2) is 0 Å². The first-order valence-corrected chi connectivity index (χ1v) is 14.1. The molecular formula is C28H34Cl2N2O3S. The summed E-state index contributed by atoms with van der Waals surface area (Å²) in [5, 5.41) is 21.9. The molecule has 0 aromatic heterocycles. The fourth-order valence-electron chi connectivity index (χ4n) is 5.58. The lowest BCUT2D eigenvalue weighted by atomic mass is 9.67. The molecule has 0 saturated carbocycles. The second-order valence-corrected chi connectivity index (χ2v) is 12.2. The summed E-state index contributed by atoms with van der Waals surface area (Å²) in [6.07, 6.45) is 3.95. The Bertz CT molecular complexity index is 1100. The predicted molar refractivity (Wildman–Crippen MR) is 148 cm³/mol. The Morgan fingerprint density at radius 2 is 1.89 bits per heavy atom. The van der Waals surface area contributed by atoms with E-state index in [-0.39, 0.29) is 23.9 Å². The Kier molecular flexibility index (Phi) is 8.45. The minimum Gasteiger partial charge on any atom is -0.353 e. The molecule has 0 aliphatic carbocycles. The van der Waals surface area contributed by atoms with E-state index in [1.807, 2.05) is 67.3 Å². The normalized spacial score (nSPS) is 27.3. The highest BCUT2D eigenvalue weighted by Crippen LogP contribution is 2.52. The van der Waals surface area contributed by atoms with Crippen LogP contribution in [0.1, 0.15) is 62.6 Å². The van der Waals surface area contributed by atoms with Gasteiger partial charge in [0, 0.05) is 40.7 Å². The molecule has 36 heavy (non-hydrogen) atoms. The molecule has 0 bridgehead atoms. The van der Waals surface area contributed by atoms with Gasteiger partial charge in [-0.3, -0.25) is 4.79 Å². The van der Waals surface area contributed by atoms with E-state index in [0.29, 0.717) is 48.0 Å². The van der Waals surface area contributed by atoms with E-state index in [1.54, 1.807) is 4.31 Å². The largest absolute Gasteiger partial charge is 0.353 e. The first-order valence-electron chi connectivity index (χ1n) is 12.4. The van der Waals surface area contributed by atoms with Gasteiger partial charge in [-0.2, -0.15) is 4.31 Å². The van der Waals surface area contributed by atoms with Crippen molar-refractivity contribution in [1.29, 1.82) is 0 Å². The zero-order valence-corrected chi connectivity index (χ0v) is 23.1. The number of piperidine rings is 1. The quantitative estimate of drug-likeness (QED) is 0.227. The Morgan fingerprint density at radius 3 is 2.50 bits per heavy atom. The molecule has 2 saturated heterocycles. The van der Waals surface area contributed by atoms with Crippen molar-refractivity contribution in [3.8, 4) is 0 Å². The summed E-state index contributed by atoms with van der Waals surface area (Å²) in [7, 11) is 0. The third-order valence-corrected chi connectivity index (χ3v) is 9.15. The molecule has 2 aliphatic heterocycles. The van der Waals surface area contributed by atoms with Crippen molar-refractivity contribution in [2.24, 2.45) is 5.41 Å². The average molecular weight is 550 g/mol. The standard InChI is InChI=1S/C28H34Cl2N2O3S/c1-4-13-27(3)18-24(21-6-5-7-23(30)17-21)25(20-8-10-22(29)11-9-20)32(26(27)33)19(2)12-15-31-28(34,35)14-16-36-31/h4-11,17,19,24-25,34-35H,1,12-16,18H2,2-3H3/t19-,24+,25+,27-/m0/s1. The van der Waals surface area contributed by atoms with Crippen molar-refractivity contribution >= 4 is 41.1 Å². The van der Waals surface area contributed by atoms with Crippen LogP contribution in [0.3, 0.4) is 0 Å². The van der Waals surface area contributed by atoms with Crippen molar-refractivity contribution in [3.05, 3.63) is 82.4 Å². The number of amides is 1. The molecule has 0 radical (unpaired) electrons. The van der Waals surface area contributed by atoms with Gasteiger partial charge in [0.25, 0.3) is 0 Å². The van der Waals surface area contributed by atoms with Gasteiger partial charge in [-0.25, -0.2) is 0 Å². The number of nitrogens with zero attached hydrogens (tertiary/aromatic N) is 2. The molecular weight excluding hydrogens is 515 g/mol. The van der Waals surface area contributed by atoms with Gasteiger partial charge in [-0.1, -0.05) is 72.4 Å². The van der Waals surface area contributed by atoms with Crippen LogP contribution in [0.2, 0.25) is 10.0 Å². The number of carbonyl (C=O) groups is 1. The van der Waals surface area contributed by atoms with Crippen LogP contribution >= 0.6 is 35.1 Å². The number of allylic oxidation sites excluding steroid dienone is 1. The molecule has 2 N–H and O–H groups in total. The summed E-state index contributed by atoms with van der Waals surface area (Å²) in [5.41, 5.74) is 1.48. The van der Waals surface area contributed by atoms with Crippen molar-refractivity contribution in [3.63, 3.8) is 0 Å². The molecule has 2 aromatic carbocycles. The molecule has 4 atom stereocenters. The Labute approximate surface area is 228 Å². The molecule has 1 amide bonds. The summed E-state index contributed by atoms with van der Waals surface area (Å²) < 4.78 is 1.62. The van der Waals surface area contributed by atoms with E-state index in [4.69, 9.17) is 23.2 Å². The van der Waals surface area contributed by atoms with E-state index in [0.717, 1.165) is 11.1 Å². The SMILES string of the molecule is C=CC[C@@]1(C)C[C@H](c2cccc(Cl)c2)[C@@H](c2ccc(Cl)cc2)N([C@@H](C)CCN2SCCC2(O)O)C1=O. The molecule has 0 unspecified atom stereocenters. The Morgan fingerprint density at radius 1 is 1.17 bits per heavy atom. The second kappa shape index (κ2) is 11.1. The first-order chi connectivity index (χ1) is 17.1. The monoisotopic (exact) mass is 548 g/mol. The van der Waals surface area contributed by atoms with Crippen LogP contribution in [0.4, 0.5) is 0 Å². The predicted octanol–water partition coefficient (Wildman–Crippen LogP) is 6.40. The van der Waals surface area contributed by atoms with Gasteiger partial charge < -0.3 is 15.1 Å². The Hall–Kier alpha value is -1.54. The van der Waals surface area contributed by atoms with Crippen LogP contribution in [0.25, 0.3) is 0 Å². The van der Waals surface area contributed by atoms with Crippen molar-refractivity contribution < 1.29 is 15.0 Å². The maximum absolute atomic E-state index is 14.2. The van der Waals surface area contributed by atoms with Gasteiger partial charge in [-0.05, 0) is 61.6 Å². The number of carbonyl (C=O) groups excluding carboxylic acids is 1. The molecule has 194 valence electrons. The maximum Gasteiger partial charge on any atom is 0.235 e. The lowest BCUT2D eigenvalue weighted by Crippen LogP contribution is -2.55. The molecule has 2 heterocycles. The zero-order chi connectivity index (χ0) is 26.1. The number of hydrogen-bond donors (Lipinski definition) is 2. The van der Waals surface area contributed by atoms with E-state index >= 15 is 0 Å². The Balaban J connectivity index is 1.76. The van der Waals surface area contributed by atoms with E-state index in [1.165, 1.54) is 11.9 Å².